The minimum atomic E-state index is -0.0902. The van der Waals surface area contributed by atoms with Crippen molar-refractivity contribution in [1.82, 2.24) is 4.40 Å². The lowest BCUT2D eigenvalue weighted by molar-refractivity contribution is 0.400. The van der Waals surface area contributed by atoms with Gasteiger partial charge in [-0.2, -0.15) is 0 Å². The molecule has 0 N–H and O–H groups in total. The standard InChI is InChI=1S/C26H20BrNO4/c1-30-18-10-6-16(7-11-18)20-14-28-13-19(15-4-8-17(27)9-5-15)23-21(31-2)12-22(32-3)24(25(23)28)26(20)29/h4-14H,1-3H3. The largest absolute Gasteiger partial charge is 0.497 e. The van der Waals surface area contributed by atoms with Gasteiger partial charge in [-0.15, -0.1) is 0 Å². The molecule has 0 spiro atoms. The zero-order valence-corrected chi connectivity index (χ0v) is 19.4. The molecule has 3 aromatic carbocycles. The number of rotatable bonds is 5. The van der Waals surface area contributed by atoms with Crippen molar-refractivity contribution in [2.75, 3.05) is 21.3 Å². The number of pyridine rings is 1. The fourth-order valence-electron chi connectivity index (χ4n) is 4.21. The molecule has 5 nitrogen and oxygen atoms in total. The summed E-state index contributed by atoms with van der Waals surface area (Å²) >= 11 is 3.50. The van der Waals surface area contributed by atoms with E-state index in [4.69, 9.17) is 14.2 Å². The highest BCUT2D eigenvalue weighted by atomic mass is 79.9. The predicted octanol–water partition coefficient (Wildman–Crippen LogP) is 6.01. The molecule has 0 radical (unpaired) electrons. The van der Waals surface area contributed by atoms with Crippen molar-refractivity contribution in [3.05, 3.63) is 81.7 Å². The molecule has 6 heteroatoms. The first-order valence-electron chi connectivity index (χ1n) is 10.0. The monoisotopic (exact) mass is 489 g/mol. The number of halogens is 1. The lowest BCUT2D eigenvalue weighted by Gasteiger charge is -2.13. The highest BCUT2D eigenvalue weighted by Gasteiger charge is 2.23. The van der Waals surface area contributed by atoms with E-state index >= 15 is 0 Å². The normalized spacial score (nSPS) is 11.2. The van der Waals surface area contributed by atoms with Gasteiger partial charge in [0.15, 0.2) is 0 Å². The molecule has 0 saturated heterocycles. The molecule has 0 fully saturated rings. The second-order valence-corrected chi connectivity index (χ2v) is 8.35. The van der Waals surface area contributed by atoms with Crippen LogP contribution in [-0.4, -0.2) is 25.7 Å². The fraction of sp³-hybridized carbons (Fsp3) is 0.115. The first kappa shape index (κ1) is 20.4. The SMILES string of the molecule is COc1ccc(-c2cn3cc(-c4ccc(Br)cc4)c4c(OC)cc(OC)c(c2=O)c43)cc1. The molecule has 0 aliphatic heterocycles. The topological polar surface area (TPSA) is 49.2 Å². The van der Waals surface area contributed by atoms with Crippen LogP contribution < -0.4 is 19.6 Å². The Morgan fingerprint density at radius 2 is 1.28 bits per heavy atom. The first-order valence-corrected chi connectivity index (χ1v) is 10.8. The van der Waals surface area contributed by atoms with Crippen molar-refractivity contribution in [3.63, 3.8) is 0 Å². The third-order valence-corrected chi connectivity index (χ3v) is 6.29. The van der Waals surface area contributed by atoms with E-state index < -0.39 is 0 Å². The Kier molecular flexibility index (Phi) is 5.02. The van der Waals surface area contributed by atoms with E-state index in [1.54, 1.807) is 27.4 Å². The summed E-state index contributed by atoms with van der Waals surface area (Å²) in [6, 6.07) is 17.4. The first-order chi connectivity index (χ1) is 15.5. The Bertz CT molecular complexity index is 1490. The number of aromatic nitrogens is 1. The van der Waals surface area contributed by atoms with Gasteiger partial charge < -0.3 is 18.6 Å². The quantitative estimate of drug-likeness (QED) is 0.303. The van der Waals surface area contributed by atoms with Crippen LogP contribution in [-0.2, 0) is 0 Å². The van der Waals surface area contributed by atoms with Crippen LogP contribution in [0.15, 0.2) is 76.3 Å². The average Bonchev–Trinajstić information content (AvgIpc) is 3.21. The summed E-state index contributed by atoms with van der Waals surface area (Å²) in [5.41, 5.74) is 4.09. The lowest BCUT2D eigenvalue weighted by Crippen LogP contribution is -2.09. The summed E-state index contributed by atoms with van der Waals surface area (Å²) < 4.78 is 19.6. The second-order valence-electron chi connectivity index (χ2n) is 7.44. The van der Waals surface area contributed by atoms with Gasteiger partial charge in [0.05, 0.1) is 37.6 Å². The molecular formula is C26H20BrNO4. The molecule has 0 unspecified atom stereocenters. The van der Waals surface area contributed by atoms with Crippen LogP contribution in [0.25, 0.3) is 38.5 Å². The number of hydrogen-bond donors (Lipinski definition) is 0. The van der Waals surface area contributed by atoms with Crippen LogP contribution in [0.2, 0.25) is 0 Å². The molecule has 5 aromatic rings. The van der Waals surface area contributed by atoms with E-state index in [1.165, 1.54) is 0 Å². The van der Waals surface area contributed by atoms with Gasteiger partial charge in [0.25, 0.3) is 0 Å². The number of ether oxygens (including phenoxy) is 3. The van der Waals surface area contributed by atoms with Crippen LogP contribution in [0.5, 0.6) is 17.2 Å². The Labute approximate surface area is 193 Å². The van der Waals surface area contributed by atoms with Crippen LogP contribution in [0.4, 0.5) is 0 Å². The summed E-state index contributed by atoms with van der Waals surface area (Å²) in [6.07, 6.45) is 3.91. The molecule has 0 atom stereocenters. The maximum atomic E-state index is 13.7. The van der Waals surface area contributed by atoms with Gasteiger partial charge in [0.1, 0.15) is 17.2 Å². The zero-order valence-electron chi connectivity index (χ0n) is 17.8. The summed E-state index contributed by atoms with van der Waals surface area (Å²) in [5, 5.41) is 1.41. The average molecular weight is 490 g/mol. The van der Waals surface area contributed by atoms with E-state index in [0.717, 1.165) is 37.8 Å². The van der Waals surface area contributed by atoms with E-state index in [2.05, 4.69) is 15.9 Å². The lowest BCUT2D eigenvalue weighted by atomic mass is 10.00. The van der Waals surface area contributed by atoms with Crippen molar-refractivity contribution in [2.45, 2.75) is 0 Å². The molecule has 0 amide bonds. The fourth-order valence-corrected chi connectivity index (χ4v) is 4.47. The maximum Gasteiger partial charge on any atom is 0.200 e. The number of benzene rings is 3. The van der Waals surface area contributed by atoms with Crippen molar-refractivity contribution in [2.24, 2.45) is 0 Å². The highest BCUT2D eigenvalue weighted by Crippen LogP contribution is 2.43. The van der Waals surface area contributed by atoms with Gasteiger partial charge >= 0.3 is 0 Å². The Hall–Kier alpha value is -3.51. The highest BCUT2D eigenvalue weighted by molar-refractivity contribution is 9.10. The van der Waals surface area contributed by atoms with E-state index in [-0.39, 0.29) is 5.43 Å². The van der Waals surface area contributed by atoms with Gasteiger partial charge in [-0.25, -0.2) is 0 Å². The third-order valence-electron chi connectivity index (χ3n) is 5.76. The molecule has 0 bridgehead atoms. The van der Waals surface area contributed by atoms with E-state index in [1.807, 2.05) is 65.3 Å². The van der Waals surface area contributed by atoms with E-state index in [9.17, 15) is 4.79 Å². The van der Waals surface area contributed by atoms with E-state index in [0.29, 0.717) is 22.4 Å². The van der Waals surface area contributed by atoms with Gasteiger partial charge in [0.2, 0.25) is 5.43 Å². The maximum absolute atomic E-state index is 13.7. The third kappa shape index (κ3) is 3.10. The van der Waals surface area contributed by atoms with Crippen molar-refractivity contribution >= 4 is 32.2 Å². The molecule has 5 rings (SSSR count). The molecule has 0 aliphatic rings. The number of nitrogens with zero attached hydrogens (tertiary/aromatic N) is 1. The van der Waals surface area contributed by atoms with Gasteiger partial charge in [-0.05, 0) is 35.4 Å². The summed E-state index contributed by atoms with van der Waals surface area (Å²) in [5.74, 6) is 1.88. The predicted molar refractivity (Wildman–Crippen MR) is 131 cm³/mol. The minimum Gasteiger partial charge on any atom is -0.497 e. The minimum absolute atomic E-state index is 0.0902. The Balaban J connectivity index is 1.89. The van der Waals surface area contributed by atoms with Gasteiger partial charge in [-0.1, -0.05) is 40.2 Å². The van der Waals surface area contributed by atoms with Gasteiger partial charge in [0, 0.05) is 34.1 Å². The molecule has 32 heavy (non-hydrogen) atoms. The summed E-state index contributed by atoms with van der Waals surface area (Å²) in [7, 11) is 4.82. The van der Waals surface area contributed by atoms with Crippen LogP contribution >= 0.6 is 15.9 Å². The molecule has 2 heterocycles. The zero-order chi connectivity index (χ0) is 22.4. The summed E-state index contributed by atoms with van der Waals surface area (Å²) in [4.78, 5) is 13.7. The molecule has 0 aliphatic carbocycles. The van der Waals surface area contributed by atoms with Crippen LogP contribution in [0, 0.1) is 0 Å². The Morgan fingerprint density at radius 3 is 1.91 bits per heavy atom. The Morgan fingerprint density at radius 1 is 0.719 bits per heavy atom. The van der Waals surface area contributed by atoms with Crippen molar-refractivity contribution in [1.29, 1.82) is 0 Å². The molecule has 2 aromatic heterocycles. The number of hydrogen-bond acceptors (Lipinski definition) is 4. The van der Waals surface area contributed by atoms with Crippen LogP contribution in [0.1, 0.15) is 0 Å². The van der Waals surface area contributed by atoms with Crippen molar-refractivity contribution in [3.8, 4) is 39.5 Å². The van der Waals surface area contributed by atoms with Crippen LogP contribution in [0.3, 0.4) is 0 Å². The number of methoxy groups -OCH3 is 3. The summed E-state index contributed by atoms with van der Waals surface area (Å²) in [6.45, 7) is 0. The molecule has 0 saturated carbocycles. The van der Waals surface area contributed by atoms with Gasteiger partial charge in [-0.3, -0.25) is 4.79 Å². The second kappa shape index (κ2) is 7.88. The van der Waals surface area contributed by atoms with Crippen molar-refractivity contribution < 1.29 is 14.2 Å². The molecule has 160 valence electrons. The molecular weight excluding hydrogens is 470 g/mol. The smallest absolute Gasteiger partial charge is 0.200 e.